The van der Waals surface area contributed by atoms with Gasteiger partial charge in [-0.3, -0.25) is 14.6 Å². The Morgan fingerprint density at radius 3 is 2.65 bits per heavy atom. The normalized spacial score (nSPS) is 16.2. The van der Waals surface area contributed by atoms with Gasteiger partial charge in [0.2, 0.25) is 5.91 Å². The van der Waals surface area contributed by atoms with Crippen LogP contribution in [-0.2, 0) is 4.79 Å². The molecule has 0 saturated heterocycles. The first kappa shape index (κ1) is 18.4. The van der Waals surface area contributed by atoms with Gasteiger partial charge in [-0.15, -0.1) is 0 Å². The fraction of sp³-hybridized carbons (Fsp3) is 0.476. The largest absolute Gasteiger partial charge is 0.354 e. The van der Waals surface area contributed by atoms with Crippen LogP contribution in [0.1, 0.15) is 62.4 Å². The smallest absolute Gasteiger partial charge is 0.271 e. The minimum absolute atomic E-state index is 0.0563. The molecule has 0 bridgehead atoms. The first-order valence-corrected chi connectivity index (χ1v) is 9.61. The summed E-state index contributed by atoms with van der Waals surface area (Å²) in [4.78, 5) is 30.2. The maximum absolute atomic E-state index is 13.0. The second-order valence-corrected chi connectivity index (χ2v) is 7.09. The molecule has 2 aromatic rings. The van der Waals surface area contributed by atoms with Gasteiger partial charge in [-0.2, -0.15) is 0 Å². The van der Waals surface area contributed by atoms with E-state index in [0.717, 1.165) is 42.9 Å². The highest BCUT2D eigenvalue weighted by atomic mass is 16.2. The highest BCUT2D eigenvalue weighted by molar-refractivity contribution is 6.07. The summed E-state index contributed by atoms with van der Waals surface area (Å²) in [6, 6.07) is 9.58. The third-order valence-electron chi connectivity index (χ3n) is 5.20. The number of hydrogen-bond acceptors (Lipinski definition) is 3. The van der Waals surface area contributed by atoms with Crippen LogP contribution in [0.3, 0.4) is 0 Å². The first-order valence-electron chi connectivity index (χ1n) is 9.61. The zero-order chi connectivity index (χ0) is 18.4. The zero-order valence-electron chi connectivity index (χ0n) is 15.4. The van der Waals surface area contributed by atoms with Crippen molar-refractivity contribution in [2.24, 2.45) is 0 Å². The monoisotopic (exact) mass is 353 g/mol. The van der Waals surface area contributed by atoms with Gasteiger partial charge in [0.25, 0.3) is 5.91 Å². The molecule has 1 fully saturated rings. The van der Waals surface area contributed by atoms with E-state index in [1.807, 2.05) is 30.3 Å². The van der Waals surface area contributed by atoms with Crippen molar-refractivity contribution in [2.75, 3.05) is 6.54 Å². The predicted octanol–water partition coefficient (Wildman–Crippen LogP) is 3.58. The van der Waals surface area contributed by atoms with Gasteiger partial charge in [-0.05, 0) is 30.7 Å². The van der Waals surface area contributed by atoms with E-state index >= 15 is 0 Å². The molecule has 1 aliphatic carbocycles. The van der Waals surface area contributed by atoms with Gasteiger partial charge in [0.05, 0.1) is 0 Å². The minimum Gasteiger partial charge on any atom is -0.354 e. The lowest BCUT2D eigenvalue weighted by Crippen LogP contribution is -2.60. The van der Waals surface area contributed by atoms with Crippen LogP contribution >= 0.6 is 0 Å². The molecule has 26 heavy (non-hydrogen) atoms. The van der Waals surface area contributed by atoms with Crippen LogP contribution in [0.4, 0.5) is 0 Å². The van der Waals surface area contributed by atoms with E-state index in [1.54, 1.807) is 6.20 Å². The summed E-state index contributed by atoms with van der Waals surface area (Å²) in [5.41, 5.74) is -0.434. The average Bonchev–Trinajstić information content (AvgIpc) is 2.68. The van der Waals surface area contributed by atoms with E-state index in [1.165, 1.54) is 0 Å². The Hall–Kier alpha value is -2.43. The highest BCUT2D eigenvalue weighted by Gasteiger charge is 2.41. The van der Waals surface area contributed by atoms with E-state index in [-0.39, 0.29) is 11.8 Å². The third-order valence-corrected chi connectivity index (χ3v) is 5.20. The van der Waals surface area contributed by atoms with Crippen LogP contribution in [0.15, 0.2) is 36.5 Å². The standard InChI is InChI=1S/C21H27N3O2/c1-2-3-14-23-20(26)21(12-7-4-8-13-21)24-19(25)18-17-10-6-5-9-16(17)11-15-22-18/h5-6,9-11,15H,2-4,7-8,12-14H2,1H3,(H,23,26)(H,24,25). The van der Waals surface area contributed by atoms with Crippen LogP contribution in [0.2, 0.25) is 0 Å². The Kier molecular flexibility index (Phi) is 5.86. The summed E-state index contributed by atoms with van der Waals surface area (Å²) >= 11 is 0. The molecule has 0 spiro atoms. The second-order valence-electron chi connectivity index (χ2n) is 7.09. The minimum atomic E-state index is -0.818. The maximum Gasteiger partial charge on any atom is 0.271 e. The van der Waals surface area contributed by atoms with E-state index in [2.05, 4.69) is 22.5 Å². The topological polar surface area (TPSA) is 71.1 Å². The van der Waals surface area contributed by atoms with E-state index < -0.39 is 5.54 Å². The SMILES string of the molecule is CCCCNC(=O)C1(NC(=O)c2nccc3ccccc23)CCCCC1. The summed E-state index contributed by atoms with van der Waals surface area (Å²) in [5.74, 6) is -0.325. The molecule has 1 aromatic carbocycles. The van der Waals surface area contributed by atoms with Gasteiger partial charge in [0.15, 0.2) is 0 Å². The molecule has 2 amide bonds. The van der Waals surface area contributed by atoms with Crippen molar-refractivity contribution in [3.63, 3.8) is 0 Å². The Morgan fingerprint density at radius 1 is 1.12 bits per heavy atom. The zero-order valence-corrected chi connectivity index (χ0v) is 15.4. The predicted molar refractivity (Wildman–Crippen MR) is 103 cm³/mol. The van der Waals surface area contributed by atoms with Gasteiger partial charge in [-0.1, -0.05) is 56.9 Å². The number of hydrogen-bond donors (Lipinski definition) is 2. The van der Waals surface area contributed by atoms with Crippen LogP contribution in [-0.4, -0.2) is 28.9 Å². The summed E-state index contributed by atoms with van der Waals surface area (Å²) in [6.45, 7) is 2.75. The quantitative estimate of drug-likeness (QED) is 0.780. The fourth-order valence-corrected chi connectivity index (χ4v) is 3.69. The van der Waals surface area contributed by atoms with Gasteiger partial charge in [-0.25, -0.2) is 0 Å². The molecular formula is C21H27N3O2. The van der Waals surface area contributed by atoms with Crippen molar-refractivity contribution < 1.29 is 9.59 Å². The molecule has 1 heterocycles. The molecule has 0 unspecified atom stereocenters. The van der Waals surface area contributed by atoms with Crippen molar-refractivity contribution in [3.8, 4) is 0 Å². The molecule has 138 valence electrons. The third kappa shape index (κ3) is 3.87. The van der Waals surface area contributed by atoms with Crippen LogP contribution in [0, 0.1) is 0 Å². The van der Waals surface area contributed by atoms with Gasteiger partial charge in [0.1, 0.15) is 11.2 Å². The molecule has 1 saturated carbocycles. The number of amides is 2. The summed E-state index contributed by atoms with van der Waals surface area (Å²) in [5, 5.41) is 7.85. The number of pyridine rings is 1. The number of rotatable bonds is 6. The average molecular weight is 353 g/mol. The Morgan fingerprint density at radius 2 is 1.88 bits per heavy atom. The van der Waals surface area contributed by atoms with Crippen molar-refractivity contribution in [3.05, 3.63) is 42.2 Å². The molecule has 0 atom stereocenters. The Bertz CT molecular complexity index is 776. The second kappa shape index (κ2) is 8.30. The summed E-state index contributed by atoms with van der Waals surface area (Å²) < 4.78 is 0. The lowest BCUT2D eigenvalue weighted by atomic mass is 9.80. The Labute approximate surface area is 154 Å². The van der Waals surface area contributed by atoms with Crippen molar-refractivity contribution in [2.45, 2.75) is 57.4 Å². The molecule has 5 nitrogen and oxygen atoms in total. The van der Waals surface area contributed by atoms with Crippen LogP contribution < -0.4 is 10.6 Å². The first-order chi connectivity index (χ1) is 12.7. The van der Waals surface area contributed by atoms with E-state index in [4.69, 9.17) is 0 Å². The summed E-state index contributed by atoms with van der Waals surface area (Å²) in [6.07, 6.45) is 7.98. The van der Waals surface area contributed by atoms with Gasteiger partial charge >= 0.3 is 0 Å². The van der Waals surface area contributed by atoms with Crippen molar-refractivity contribution in [1.82, 2.24) is 15.6 Å². The number of aromatic nitrogens is 1. The molecule has 3 rings (SSSR count). The summed E-state index contributed by atoms with van der Waals surface area (Å²) in [7, 11) is 0. The number of fused-ring (bicyclic) bond motifs is 1. The number of carbonyl (C=O) groups excluding carboxylic acids is 2. The van der Waals surface area contributed by atoms with Crippen molar-refractivity contribution in [1.29, 1.82) is 0 Å². The number of benzene rings is 1. The van der Waals surface area contributed by atoms with Gasteiger partial charge < -0.3 is 10.6 Å². The fourth-order valence-electron chi connectivity index (χ4n) is 3.69. The lowest BCUT2D eigenvalue weighted by Gasteiger charge is -2.36. The van der Waals surface area contributed by atoms with E-state index in [9.17, 15) is 9.59 Å². The van der Waals surface area contributed by atoms with Crippen molar-refractivity contribution >= 4 is 22.6 Å². The maximum atomic E-state index is 13.0. The lowest BCUT2D eigenvalue weighted by molar-refractivity contribution is -0.128. The number of nitrogens with one attached hydrogen (secondary N) is 2. The van der Waals surface area contributed by atoms with Crippen LogP contribution in [0.5, 0.6) is 0 Å². The molecule has 5 heteroatoms. The van der Waals surface area contributed by atoms with Crippen LogP contribution in [0.25, 0.3) is 10.8 Å². The van der Waals surface area contributed by atoms with Gasteiger partial charge in [0, 0.05) is 18.1 Å². The number of unbranched alkanes of at least 4 members (excludes halogenated alkanes) is 1. The molecular weight excluding hydrogens is 326 g/mol. The number of carbonyl (C=O) groups is 2. The number of nitrogens with zero attached hydrogens (tertiary/aromatic N) is 1. The molecule has 1 aliphatic rings. The molecule has 2 N–H and O–H groups in total. The Balaban J connectivity index is 1.84. The molecule has 0 radical (unpaired) electrons. The molecule has 1 aromatic heterocycles. The molecule has 0 aliphatic heterocycles. The highest BCUT2D eigenvalue weighted by Crippen LogP contribution is 2.29. The van der Waals surface area contributed by atoms with E-state index in [0.29, 0.717) is 25.1 Å².